The fourth-order valence-corrected chi connectivity index (χ4v) is 2.93. The highest BCUT2D eigenvalue weighted by Gasteiger charge is 2.14. The maximum absolute atomic E-state index is 6.42. The van der Waals surface area contributed by atoms with Crippen LogP contribution in [0, 0.1) is 0 Å². The van der Waals surface area contributed by atoms with Crippen LogP contribution in [0.3, 0.4) is 0 Å². The van der Waals surface area contributed by atoms with Crippen molar-refractivity contribution in [3.63, 3.8) is 0 Å². The van der Waals surface area contributed by atoms with Gasteiger partial charge in [0.25, 0.3) is 0 Å². The molecule has 0 atom stereocenters. The number of hydrogen-bond acceptors (Lipinski definition) is 3. The average Bonchev–Trinajstić information content (AvgIpc) is 2.97. The summed E-state index contributed by atoms with van der Waals surface area (Å²) in [5, 5.41) is 0.598. The lowest BCUT2D eigenvalue weighted by Gasteiger charge is -2.09. The molecule has 0 aliphatic rings. The highest BCUT2D eigenvalue weighted by Crippen LogP contribution is 2.30. The molecule has 0 fully saturated rings. The molecule has 0 radical (unpaired) electrons. The summed E-state index contributed by atoms with van der Waals surface area (Å²) >= 11 is 6.42. The molecule has 0 bridgehead atoms. The zero-order valence-corrected chi connectivity index (χ0v) is 14.7. The van der Waals surface area contributed by atoms with Crippen molar-refractivity contribution < 1.29 is 9.47 Å². The van der Waals surface area contributed by atoms with Crippen LogP contribution in [-0.4, -0.2) is 16.2 Å². The lowest BCUT2D eigenvalue weighted by Crippen LogP contribution is -2.04. The number of halogens is 1. The summed E-state index contributed by atoms with van der Waals surface area (Å²) in [5.74, 6) is 1.63. The van der Waals surface area contributed by atoms with E-state index in [4.69, 9.17) is 21.1 Å². The van der Waals surface area contributed by atoms with Crippen LogP contribution < -0.4 is 4.74 Å². The van der Waals surface area contributed by atoms with Crippen LogP contribution in [0.5, 0.6) is 5.75 Å². The van der Waals surface area contributed by atoms with E-state index in [9.17, 15) is 0 Å². The van der Waals surface area contributed by atoms with E-state index in [1.54, 1.807) is 0 Å². The average molecular weight is 345 g/mol. The number of nitrogens with zero attached hydrogens (tertiary/aromatic N) is 2. The molecule has 0 aliphatic heterocycles. The van der Waals surface area contributed by atoms with Gasteiger partial charge in [-0.2, -0.15) is 0 Å². The summed E-state index contributed by atoms with van der Waals surface area (Å²) in [6.07, 6.45) is 0. The van der Waals surface area contributed by atoms with Crippen molar-refractivity contribution in [3.05, 3.63) is 58.9 Å². The Morgan fingerprint density at radius 2 is 1.88 bits per heavy atom. The van der Waals surface area contributed by atoms with Crippen molar-refractivity contribution in [1.29, 1.82) is 0 Å². The minimum atomic E-state index is 0.482. The molecule has 3 rings (SSSR count). The third-order valence-corrected chi connectivity index (χ3v) is 4.15. The quantitative estimate of drug-likeness (QED) is 0.616. The molecule has 0 unspecified atom stereocenters. The first kappa shape index (κ1) is 16.8. The van der Waals surface area contributed by atoms with E-state index in [1.807, 2.05) is 49.4 Å². The van der Waals surface area contributed by atoms with Crippen molar-refractivity contribution in [1.82, 2.24) is 9.55 Å². The van der Waals surface area contributed by atoms with Crippen LogP contribution in [0.1, 0.15) is 25.2 Å². The van der Waals surface area contributed by atoms with Gasteiger partial charge < -0.3 is 14.0 Å². The predicted octanol–water partition coefficient (Wildman–Crippen LogP) is 4.83. The molecule has 0 amide bonds. The molecule has 5 heteroatoms. The normalized spacial score (nSPS) is 11.1. The number of benzene rings is 2. The SMILES string of the molecule is CCOCc1nc2c(Cl)cc(OCc3ccccc3)cc2n1CC. The van der Waals surface area contributed by atoms with Crippen molar-refractivity contribution in [2.45, 2.75) is 33.6 Å². The molecular weight excluding hydrogens is 324 g/mol. The van der Waals surface area contributed by atoms with Gasteiger partial charge >= 0.3 is 0 Å². The van der Waals surface area contributed by atoms with Gasteiger partial charge in [0.2, 0.25) is 0 Å². The monoisotopic (exact) mass is 344 g/mol. The zero-order chi connectivity index (χ0) is 16.9. The topological polar surface area (TPSA) is 36.3 Å². The number of rotatable bonds is 7. The Morgan fingerprint density at radius 3 is 2.58 bits per heavy atom. The molecule has 2 aromatic carbocycles. The van der Waals surface area contributed by atoms with Crippen LogP contribution in [0.4, 0.5) is 0 Å². The Labute approximate surface area is 147 Å². The van der Waals surface area contributed by atoms with Gasteiger partial charge in [-0.05, 0) is 19.4 Å². The van der Waals surface area contributed by atoms with E-state index in [1.165, 1.54) is 0 Å². The van der Waals surface area contributed by atoms with E-state index in [0.717, 1.165) is 34.7 Å². The van der Waals surface area contributed by atoms with Crippen molar-refractivity contribution in [3.8, 4) is 5.75 Å². The van der Waals surface area contributed by atoms with Gasteiger partial charge in [0, 0.05) is 25.3 Å². The van der Waals surface area contributed by atoms with E-state index >= 15 is 0 Å². The first-order chi connectivity index (χ1) is 11.7. The van der Waals surface area contributed by atoms with E-state index in [-0.39, 0.29) is 0 Å². The Balaban J connectivity index is 1.90. The van der Waals surface area contributed by atoms with Gasteiger partial charge in [0.15, 0.2) is 0 Å². The van der Waals surface area contributed by atoms with Crippen molar-refractivity contribution in [2.24, 2.45) is 0 Å². The second kappa shape index (κ2) is 7.69. The second-order valence-electron chi connectivity index (χ2n) is 5.46. The molecule has 0 N–H and O–H groups in total. The third kappa shape index (κ3) is 3.55. The summed E-state index contributed by atoms with van der Waals surface area (Å²) in [4.78, 5) is 4.63. The second-order valence-corrected chi connectivity index (χ2v) is 5.86. The minimum absolute atomic E-state index is 0.482. The molecule has 126 valence electrons. The Hall–Kier alpha value is -2.04. The fraction of sp³-hybridized carbons (Fsp3) is 0.316. The molecule has 3 aromatic rings. The molecule has 0 spiro atoms. The lowest BCUT2D eigenvalue weighted by atomic mass is 10.2. The Morgan fingerprint density at radius 1 is 1.08 bits per heavy atom. The molecular formula is C19H21ClN2O2. The summed E-state index contributed by atoms with van der Waals surface area (Å²) < 4.78 is 13.5. The minimum Gasteiger partial charge on any atom is -0.489 e. The van der Waals surface area contributed by atoms with Gasteiger partial charge in [0.05, 0.1) is 10.5 Å². The van der Waals surface area contributed by atoms with Crippen LogP contribution in [0.2, 0.25) is 5.02 Å². The number of aryl methyl sites for hydroxylation is 1. The lowest BCUT2D eigenvalue weighted by molar-refractivity contribution is 0.126. The van der Waals surface area contributed by atoms with Crippen molar-refractivity contribution >= 4 is 22.6 Å². The standard InChI is InChI=1S/C19H21ClN2O2/c1-3-22-17-11-15(24-12-14-8-6-5-7-9-14)10-16(20)19(17)21-18(22)13-23-4-2/h5-11H,3-4,12-13H2,1-2H3. The van der Waals surface area contributed by atoms with Crippen LogP contribution >= 0.6 is 11.6 Å². The van der Waals surface area contributed by atoms with E-state index in [0.29, 0.717) is 24.8 Å². The van der Waals surface area contributed by atoms with Gasteiger partial charge in [-0.15, -0.1) is 0 Å². The van der Waals surface area contributed by atoms with Crippen LogP contribution in [0.15, 0.2) is 42.5 Å². The molecule has 0 saturated carbocycles. The van der Waals surface area contributed by atoms with Gasteiger partial charge in [0.1, 0.15) is 30.3 Å². The molecule has 24 heavy (non-hydrogen) atoms. The maximum Gasteiger partial charge on any atom is 0.136 e. The smallest absolute Gasteiger partial charge is 0.136 e. The maximum atomic E-state index is 6.42. The highest BCUT2D eigenvalue weighted by molar-refractivity contribution is 6.35. The largest absolute Gasteiger partial charge is 0.489 e. The number of fused-ring (bicyclic) bond motifs is 1. The van der Waals surface area contributed by atoms with Crippen LogP contribution in [-0.2, 0) is 24.5 Å². The Kier molecular flexibility index (Phi) is 5.38. The molecule has 0 saturated heterocycles. The summed E-state index contributed by atoms with van der Waals surface area (Å²) in [6.45, 7) is 6.51. The predicted molar refractivity (Wildman–Crippen MR) is 96.5 cm³/mol. The zero-order valence-electron chi connectivity index (χ0n) is 14.0. The number of ether oxygens (including phenoxy) is 2. The molecule has 1 aromatic heterocycles. The summed E-state index contributed by atoms with van der Waals surface area (Å²) in [5.41, 5.74) is 2.89. The highest BCUT2D eigenvalue weighted by atomic mass is 35.5. The fourth-order valence-electron chi connectivity index (χ4n) is 2.69. The molecule has 4 nitrogen and oxygen atoms in total. The first-order valence-corrected chi connectivity index (χ1v) is 8.53. The summed E-state index contributed by atoms with van der Waals surface area (Å²) in [7, 11) is 0. The molecule has 1 heterocycles. The first-order valence-electron chi connectivity index (χ1n) is 8.16. The number of hydrogen-bond donors (Lipinski definition) is 0. The van der Waals surface area contributed by atoms with Gasteiger partial charge in [-0.1, -0.05) is 41.9 Å². The number of imidazole rings is 1. The van der Waals surface area contributed by atoms with Crippen molar-refractivity contribution in [2.75, 3.05) is 6.61 Å². The molecule has 0 aliphatic carbocycles. The van der Waals surface area contributed by atoms with Gasteiger partial charge in [-0.3, -0.25) is 0 Å². The number of aromatic nitrogens is 2. The van der Waals surface area contributed by atoms with E-state index < -0.39 is 0 Å². The Bertz CT molecular complexity index is 815. The van der Waals surface area contributed by atoms with E-state index in [2.05, 4.69) is 16.5 Å². The van der Waals surface area contributed by atoms with Gasteiger partial charge in [-0.25, -0.2) is 4.98 Å². The summed E-state index contributed by atoms with van der Waals surface area (Å²) in [6, 6.07) is 13.9. The van der Waals surface area contributed by atoms with Crippen LogP contribution in [0.25, 0.3) is 11.0 Å². The third-order valence-electron chi connectivity index (χ3n) is 3.86.